The van der Waals surface area contributed by atoms with Crippen LogP contribution in [0.2, 0.25) is 0 Å². The van der Waals surface area contributed by atoms with Crippen LogP contribution in [0, 0.1) is 0 Å². The molecule has 0 spiro atoms. The number of hydrogen-bond donors (Lipinski definition) is 0. The molecule has 0 saturated carbocycles. The third kappa shape index (κ3) is 3.73. The van der Waals surface area contributed by atoms with Crippen molar-refractivity contribution < 1.29 is 17.9 Å². The van der Waals surface area contributed by atoms with Gasteiger partial charge in [-0.05, 0) is 24.5 Å². The Kier molecular flexibility index (Phi) is 5.11. The molecule has 0 fully saturated rings. The van der Waals surface area contributed by atoms with Gasteiger partial charge >= 0.3 is 0 Å². The standard InChI is InChI=1S/C17H17NO4S2/c1-23-17-6-3-2-5-13(17)12-18-24(19,20)14-7-8-15-16(11-14)22-10-4-9-21-15/h2-3,5-8,11-12H,4,9-10H2,1H3/b18-12-. The molecule has 0 atom stereocenters. The zero-order valence-electron chi connectivity index (χ0n) is 13.1. The summed E-state index contributed by atoms with van der Waals surface area (Å²) in [7, 11) is -3.80. The van der Waals surface area contributed by atoms with Crippen molar-refractivity contribution in [1.82, 2.24) is 0 Å². The molecule has 0 aromatic heterocycles. The molecular formula is C17H17NO4S2. The van der Waals surface area contributed by atoms with Crippen LogP contribution in [0.15, 0.2) is 56.7 Å². The van der Waals surface area contributed by atoms with Crippen molar-refractivity contribution in [3.8, 4) is 11.5 Å². The Bertz CT molecular complexity index is 863. The second-order valence-corrected chi connectivity index (χ2v) is 7.59. The number of ether oxygens (including phenoxy) is 2. The van der Waals surface area contributed by atoms with Crippen LogP contribution in [-0.4, -0.2) is 34.1 Å². The fourth-order valence-corrected chi connectivity index (χ4v) is 3.71. The molecule has 0 N–H and O–H groups in total. The highest BCUT2D eigenvalue weighted by Crippen LogP contribution is 2.32. The van der Waals surface area contributed by atoms with Gasteiger partial charge in [-0.15, -0.1) is 11.8 Å². The lowest BCUT2D eigenvalue weighted by atomic mass is 10.2. The summed E-state index contributed by atoms with van der Waals surface area (Å²) >= 11 is 1.54. The first-order valence-corrected chi connectivity index (χ1v) is 10.1. The molecule has 0 bridgehead atoms. The monoisotopic (exact) mass is 363 g/mol. The Balaban J connectivity index is 1.90. The van der Waals surface area contributed by atoms with E-state index in [2.05, 4.69) is 4.40 Å². The fourth-order valence-electron chi connectivity index (χ4n) is 2.26. The molecule has 3 rings (SSSR count). The number of benzene rings is 2. The summed E-state index contributed by atoms with van der Waals surface area (Å²) in [5.74, 6) is 0.997. The highest BCUT2D eigenvalue weighted by molar-refractivity contribution is 7.98. The lowest BCUT2D eigenvalue weighted by Crippen LogP contribution is -2.00. The Morgan fingerprint density at radius 2 is 1.83 bits per heavy atom. The first-order valence-electron chi connectivity index (χ1n) is 7.43. The maximum absolute atomic E-state index is 12.5. The smallest absolute Gasteiger partial charge is 0.282 e. The van der Waals surface area contributed by atoms with Crippen LogP contribution in [0.1, 0.15) is 12.0 Å². The van der Waals surface area contributed by atoms with Gasteiger partial charge in [0.15, 0.2) is 11.5 Å². The van der Waals surface area contributed by atoms with E-state index in [1.54, 1.807) is 17.8 Å². The van der Waals surface area contributed by atoms with E-state index >= 15 is 0 Å². The van der Waals surface area contributed by atoms with E-state index in [-0.39, 0.29) is 4.90 Å². The molecule has 1 heterocycles. The number of hydrogen-bond acceptors (Lipinski definition) is 5. The van der Waals surface area contributed by atoms with Gasteiger partial charge < -0.3 is 9.47 Å². The van der Waals surface area contributed by atoms with Crippen LogP contribution in [0.5, 0.6) is 11.5 Å². The van der Waals surface area contributed by atoms with Gasteiger partial charge in [-0.25, -0.2) is 0 Å². The predicted molar refractivity (Wildman–Crippen MR) is 95.1 cm³/mol. The summed E-state index contributed by atoms with van der Waals surface area (Å²) in [6.45, 7) is 1.06. The normalized spacial score (nSPS) is 14.5. The third-order valence-electron chi connectivity index (χ3n) is 3.49. The zero-order valence-corrected chi connectivity index (χ0v) is 14.8. The summed E-state index contributed by atoms with van der Waals surface area (Å²) in [6.07, 6.45) is 4.08. The number of nitrogens with zero attached hydrogens (tertiary/aromatic N) is 1. The van der Waals surface area contributed by atoms with E-state index in [0.29, 0.717) is 24.7 Å². The zero-order chi connectivity index (χ0) is 17.0. The topological polar surface area (TPSA) is 65.0 Å². The van der Waals surface area contributed by atoms with E-state index in [1.165, 1.54) is 18.3 Å². The van der Waals surface area contributed by atoms with Crippen LogP contribution in [0.3, 0.4) is 0 Å². The summed E-state index contributed by atoms with van der Waals surface area (Å²) in [6, 6.07) is 12.1. The molecule has 1 aliphatic heterocycles. The Labute approximate surface area is 145 Å². The average molecular weight is 363 g/mol. The molecule has 1 aliphatic rings. The number of thioether (sulfide) groups is 1. The largest absolute Gasteiger partial charge is 0.490 e. The van der Waals surface area contributed by atoms with Crippen molar-refractivity contribution in [3.05, 3.63) is 48.0 Å². The number of sulfonamides is 1. The molecule has 0 saturated heterocycles. The summed E-state index contributed by atoms with van der Waals surface area (Å²) in [5.41, 5.74) is 0.767. The second kappa shape index (κ2) is 7.27. The molecule has 2 aromatic rings. The van der Waals surface area contributed by atoms with Crippen molar-refractivity contribution in [2.24, 2.45) is 4.40 Å². The van der Waals surface area contributed by atoms with E-state index < -0.39 is 10.0 Å². The quantitative estimate of drug-likeness (QED) is 0.615. The van der Waals surface area contributed by atoms with Gasteiger partial charge in [-0.3, -0.25) is 0 Å². The minimum Gasteiger partial charge on any atom is -0.490 e. The molecular weight excluding hydrogens is 346 g/mol. The van der Waals surface area contributed by atoms with Crippen LogP contribution in [-0.2, 0) is 10.0 Å². The molecule has 7 heteroatoms. The average Bonchev–Trinajstić information content (AvgIpc) is 2.85. The fraction of sp³-hybridized carbons (Fsp3) is 0.235. The van der Waals surface area contributed by atoms with Crippen molar-refractivity contribution in [2.75, 3.05) is 19.5 Å². The van der Waals surface area contributed by atoms with Gasteiger partial charge in [0.2, 0.25) is 0 Å². The molecule has 5 nitrogen and oxygen atoms in total. The van der Waals surface area contributed by atoms with Gasteiger partial charge in [0.1, 0.15) is 0 Å². The SMILES string of the molecule is CSc1ccccc1/C=N\S(=O)(=O)c1ccc2c(c1)OCCCO2. The predicted octanol–water partition coefficient (Wildman–Crippen LogP) is 3.38. The first kappa shape index (κ1) is 16.9. The van der Waals surface area contributed by atoms with E-state index in [4.69, 9.17) is 9.47 Å². The molecule has 0 radical (unpaired) electrons. The van der Waals surface area contributed by atoms with Gasteiger partial charge in [0, 0.05) is 29.2 Å². The summed E-state index contributed by atoms with van der Waals surface area (Å²) in [4.78, 5) is 1.06. The van der Waals surface area contributed by atoms with E-state index in [9.17, 15) is 8.42 Å². The molecule has 126 valence electrons. The highest BCUT2D eigenvalue weighted by Gasteiger charge is 2.17. The first-order chi connectivity index (χ1) is 11.6. The molecule has 24 heavy (non-hydrogen) atoms. The van der Waals surface area contributed by atoms with Gasteiger partial charge in [-0.2, -0.15) is 12.8 Å². The van der Waals surface area contributed by atoms with Crippen molar-refractivity contribution in [2.45, 2.75) is 16.2 Å². The minimum absolute atomic E-state index is 0.0876. The second-order valence-electron chi connectivity index (χ2n) is 5.11. The summed E-state index contributed by atoms with van der Waals surface area (Å²) in [5, 5.41) is 0. The lowest BCUT2D eigenvalue weighted by Gasteiger charge is -2.08. The molecule has 2 aromatic carbocycles. The van der Waals surface area contributed by atoms with Gasteiger partial charge in [0.25, 0.3) is 10.0 Å². The molecule has 0 aliphatic carbocycles. The molecule has 0 amide bonds. The summed E-state index contributed by atoms with van der Waals surface area (Å²) < 4.78 is 39.8. The highest BCUT2D eigenvalue weighted by atomic mass is 32.2. The number of rotatable bonds is 4. The third-order valence-corrected chi connectivity index (χ3v) is 5.53. The number of fused-ring (bicyclic) bond motifs is 1. The Morgan fingerprint density at radius 3 is 2.62 bits per heavy atom. The van der Waals surface area contributed by atoms with Crippen LogP contribution < -0.4 is 9.47 Å². The van der Waals surface area contributed by atoms with Crippen molar-refractivity contribution in [1.29, 1.82) is 0 Å². The van der Waals surface area contributed by atoms with E-state index in [1.807, 2.05) is 30.5 Å². The van der Waals surface area contributed by atoms with Crippen molar-refractivity contribution >= 4 is 28.0 Å². The van der Waals surface area contributed by atoms with Gasteiger partial charge in [-0.1, -0.05) is 18.2 Å². The van der Waals surface area contributed by atoms with Crippen LogP contribution >= 0.6 is 11.8 Å². The van der Waals surface area contributed by atoms with Crippen LogP contribution in [0.25, 0.3) is 0 Å². The van der Waals surface area contributed by atoms with Gasteiger partial charge in [0.05, 0.1) is 18.1 Å². The maximum atomic E-state index is 12.5. The molecule has 0 unspecified atom stereocenters. The van der Waals surface area contributed by atoms with Crippen molar-refractivity contribution in [3.63, 3.8) is 0 Å². The van der Waals surface area contributed by atoms with E-state index in [0.717, 1.165) is 16.9 Å². The lowest BCUT2D eigenvalue weighted by molar-refractivity contribution is 0.297. The van der Waals surface area contributed by atoms with Crippen LogP contribution in [0.4, 0.5) is 0 Å². The minimum atomic E-state index is -3.80. The maximum Gasteiger partial charge on any atom is 0.282 e. The Morgan fingerprint density at radius 1 is 1.08 bits per heavy atom. The Hall–Kier alpha value is -1.99.